The van der Waals surface area contributed by atoms with Gasteiger partial charge in [-0.25, -0.2) is 4.98 Å². The highest BCUT2D eigenvalue weighted by Crippen LogP contribution is 2.23. The summed E-state index contributed by atoms with van der Waals surface area (Å²) in [4.78, 5) is 6.51. The Hall–Kier alpha value is -2.60. The lowest BCUT2D eigenvalue weighted by Gasteiger charge is -2.20. The summed E-state index contributed by atoms with van der Waals surface area (Å²) in [6.07, 6.45) is 0. The quantitative estimate of drug-likeness (QED) is 0.759. The second kappa shape index (κ2) is 8.19. The number of nitrogens with zero attached hydrogens (tertiary/aromatic N) is 3. The number of nitrogens with one attached hydrogen (secondary N) is 1. The molecule has 1 N–H and O–H groups in total. The van der Waals surface area contributed by atoms with E-state index in [1.54, 1.807) is 26.4 Å². The van der Waals surface area contributed by atoms with Crippen molar-refractivity contribution in [2.75, 3.05) is 44.6 Å². The third-order valence-electron chi connectivity index (χ3n) is 4.26. The van der Waals surface area contributed by atoms with E-state index in [4.69, 9.17) is 14.0 Å². The summed E-state index contributed by atoms with van der Waals surface area (Å²) in [6, 6.07) is 11.7. The van der Waals surface area contributed by atoms with Crippen molar-refractivity contribution in [2.24, 2.45) is 0 Å². The number of nitriles is 1. The van der Waals surface area contributed by atoms with Crippen LogP contribution in [0.3, 0.4) is 0 Å². The zero-order valence-electron chi connectivity index (χ0n) is 15.2. The molecule has 0 amide bonds. The Morgan fingerprint density at radius 2 is 2.19 bits per heavy atom. The van der Waals surface area contributed by atoms with Gasteiger partial charge >= 0.3 is 7.12 Å². The van der Waals surface area contributed by atoms with Gasteiger partial charge in [-0.05, 0) is 35.3 Å². The second-order valence-corrected chi connectivity index (χ2v) is 6.01. The first-order chi connectivity index (χ1) is 12.7. The molecule has 0 saturated carbocycles. The number of rotatable bonds is 7. The average Bonchev–Trinajstić information content (AvgIpc) is 3.08. The molecule has 2 aromatic rings. The molecule has 0 bridgehead atoms. The minimum atomic E-state index is -0.298. The van der Waals surface area contributed by atoms with E-state index in [-0.39, 0.29) is 7.12 Å². The van der Waals surface area contributed by atoms with E-state index in [2.05, 4.69) is 16.4 Å². The molecule has 26 heavy (non-hydrogen) atoms. The van der Waals surface area contributed by atoms with Gasteiger partial charge in [0.1, 0.15) is 17.7 Å². The maximum absolute atomic E-state index is 9.33. The van der Waals surface area contributed by atoms with E-state index in [9.17, 15) is 5.26 Å². The zero-order chi connectivity index (χ0) is 18.5. The number of fused-ring (bicyclic) bond motifs is 1. The molecular weight excluding hydrogens is 331 g/mol. The Balaban J connectivity index is 1.81. The van der Waals surface area contributed by atoms with Gasteiger partial charge in [0, 0.05) is 33.5 Å². The highest BCUT2D eigenvalue weighted by Gasteiger charge is 2.29. The summed E-state index contributed by atoms with van der Waals surface area (Å²) < 4.78 is 16.0. The number of anilines is 3. The Bertz CT molecular complexity index is 825. The number of likely N-dealkylation sites (N-methyl/N-ethyl adjacent to an activating group) is 1. The predicted octanol–water partition coefficient (Wildman–Crippen LogP) is 1.65. The number of ether oxygens (including phenoxy) is 1. The van der Waals surface area contributed by atoms with Crippen molar-refractivity contribution in [3.8, 4) is 6.07 Å². The fraction of sp³-hybridized carbons (Fsp3) is 0.333. The first kappa shape index (κ1) is 18.2. The predicted molar refractivity (Wildman–Crippen MR) is 101 cm³/mol. The smallest absolute Gasteiger partial charge is 0.410 e. The topological polar surface area (TPSA) is 79.6 Å². The summed E-state index contributed by atoms with van der Waals surface area (Å²) in [7, 11) is 4.88. The van der Waals surface area contributed by atoms with Gasteiger partial charge in [-0.3, -0.25) is 0 Å². The molecule has 1 aromatic heterocycles. The van der Waals surface area contributed by atoms with E-state index in [0.717, 1.165) is 16.7 Å². The minimum absolute atomic E-state index is 0.298. The van der Waals surface area contributed by atoms with Gasteiger partial charge in [-0.2, -0.15) is 5.26 Å². The van der Waals surface area contributed by atoms with Crippen LogP contribution in [0.2, 0.25) is 0 Å². The van der Waals surface area contributed by atoms with Crippen LogP contribution in [0.5, 0.6) is 0 Å². The molecule has 8 heteroatoms. The lowest BCUT2D eigenvalue weighted by molar-refractivity contribution is 0.206. The van der Waals surface area contributed by atoms with Crippen LogP contribution in [-0.2, 0) is 20.7 Å². The normalized spacial score (nSPS) is 12.6. The van der Waals surface area contributed by atoms with Crippen LogP contribution >= 0.6 is 0 Å². The molecule has 3 rings (SSSR count). The summed E-state index contributed by atoms with van der Waals surface area (Å²) in [5.41, 5.74) is 3.57. The van der Waals surface area contributed by atoms with Crippen molar-refractivity contribution in [3.63, 3.8) is 0 Å². The molecule has 2 heterocycles. The zero-order valence-corrected chi connectivity index (χ0v) is 15.2. The number of pyridine rings is 1. The van der Waals surface area contributed by atoms with Gasteiger partial charge in [0.25, 0.3) is 0 Å². The molecule has 7 nitrogen and oxygen atoms in total. The monoisotopic (exact) mass is 352 g/mol. The van der Waals surface area contributed by atoms with Gasteiger partial charge in [-0.1, -0.05) is 6.07 Å². The molecule has 134 valence electrons. The molecule has 1 aromatic carbocycles. The fourth-order valence-corrected chi connectivity index (χ4v) is 2.87. The van der Waals surface area contributed by atoms with Crippen molar-refractivity contribution >= 4 is 29.9 Å². The second-order valence-electron chi connectivity index (χ2n) is 6.01. The average molecular weight is 352 g/mol. The molecule has 0 unspecified atom stereocenters. The maximum atomic E-state index is 9.33. The molecule has 0 fully saturated rings. The molecular formula is C18H21BN4O3. The van der Waals surface area contributed by atoms with Crippen molar-refractivity contribution in [1.29, 1.82) is 5.26 Å². The van der Waals surface area contributed by atoms with Crippen molar-refractivity contribution in [1.82, 2.24) is 4.98 Å². The van der Waals surface area contributed by atoms with E-state index in [0.29, 0.717) is 37.0 Å². The summed E-state index contributed by atoms with van der Waals surface area (Å²) >= 11 is 0. The number of hydrogen-bond donors (Lipinski definition) is 1. The summed E-state index contributed by atoms with van der Waals surface area (Å²) in [5, 5.41) is 12.6. The highest BCUT2D eigenvalue weighted by molar-refractivity contribution is 6.62. The number of hydrogen-bond acceptors (Lipinski definition) is 7. The van der Waals surface area contributed by atoms with Gasteiger partial charge < -0.3 is 24.3 Å². The van der Waals surface area contributed by atoms with E-state index in [1.165, 1.54) is 0 Å². The van der Waals surface area contributed by atoms with Gasteiger partial charge in [0.15, 0.2) is 0 Å². The third-order valence-corrected chi connectivity index (χ3v) is 4.26. The standard InChI is InChI=1S/C18H21BN4O3/c1-23(8-9-24-2)18-13(11-20)4-7-17(22-18)21-15-5-6-16-14(10-15)12-26-19(16)25-3/h4-7,10H,8-9,12H2,1-3H3,(H,21,22). The van der Waals surface area contributed by atoms with Crippen LogP contribution in [0.25, 0.3) is 0 Å². The van der Waals surface area contributed by atoms with E-state index < -0.39 is 0 Å². The lowest BCUT2D eigenvalue weighted by atomic mass is 9.79. The molecule has 0 saturated heterocycles. The Morgan fingerprint density at radius 3 is 2.92 bits per heavy atom. The third kappa shape index (κ3) is 3.80. The highest BCUT2D eigenvalue weighted by atomic mass is 16.6. The molecule has 0 atom stereocenters. The van der Waals surface area contributed by atoms with E-state index in [1.807, 2.05) is 30.1 Å². The Kier molecular flexibility index (Phi) is 5.73. The van der Waals surface area contributed by atoms with Crippen LogP contribution in [0.4, 0.5) is 17.3 Å². The van der Waals surface area contributed by atoms with Crippen LogP contribution in [-0.4, -0.2) is 46.5 Å². The van der Waals surface area contributed by atoms with Crippen LogP contribution < -0.4 is 15.7 Å². The van der Waals surface area contributed by atoms with E-state index >= 15 is 0 Å². The van der Waals surface area contributed by atoms with Gasteiger partial charge in [0.2, 0.25) is 0 Å². The first-order valence-corrected chi connectivity index (χ1v) is 8.31. The molecule has 1 aliphatic rings. The van der Waals surface area contributed by atoms with Crippen molar-refractivity contribution < 1.29 is 14.0 Å². The number of benzene rings is 1. The summed E-state index contributed by atoms with van der Waals surface area (Å²) in [6.45, 7) is 1.73. The van der Waals surface area contributed by atoms with Crippen molar-refractivity contribution in [2.45, 2.75) is 6.61 Å². The van der Waals surface area contributed by atoms with Crippen LogP contribution in [0.15, 0.2) is 30.3 Å². The number of methoxy groups -OCH3 is 1. The van der Waals surface area contributed by atoms with Crippen molar-refractivity contribution in [3.05, 3.63) is 41.5 Å². The molecule has 0 radical (unpaired) electrons. The largest absolute Gasteiger partial charge is 0.494 e. The molecule has 0 aliphatic carbocycles. The first-order valence-electron chi connectivity index (χ1n) is 8.31. The Labute approximate surface area is 153 Å². The molecule has 1 aliphatic heterocycles. The minimum Gasteiger partial charge on any atom is -0.410 e. The van der Waals surface area contributed by atoms with Gasteiger partial charge in [0.05, 0.1) is 18.8 Å². The Morgan fingerprint density at radius 1 is 1.35 bits per heavy atom. The SMILES string of the molecule is COCCN(C)c1nc(Nc2ccc3c(c2)COB3OC)ccc1C#N. The molecule has 0 spiro atoms. The van der Waals surface area contributed by atoms with Gasteiger partial charge in [-0.15, -0.1) is 0 Å². The van der Waals surface area contributed by atoms with Crippen LogP contribution in [0, 0.1) is 11.3 Å². The maximum Gasteiger partial charge on any atom is 0.494 e. The fourth-order valence-electron chi connectivity index (χ4n) is 2.87. The lowest BCUT2D eigenvalue weighted by Crippen LogP contribution is -2.30. The van der Waals surface area contributed by atoms with Crippen LogP contribution in [0.1, 0.15) is 11.1 Å². The number of aromatic nitrogens is 1. The summed E-state index contributed by atoms with van der Waals surface area (Å²) in [5.74, 6) is 1.30.